The molecule has 0 radical (unpaired) electrons. The largest absolute Gasteiger partial charge is 0.491 e. The quantitative estimate of drug-likeness (QED) is 0.650. The number of anilines is 1. The molecule has 0 aromatic heterocycles. The molecule has 2 aromatic carbocycles. The zero-order chi connectivity index (χ0) is 21.3. The number of piperazine rings is 1. The monoisotopic (exact) mass is 433 g/mol. The molecule has 1 aliphatic rings. The molecule has 1 heterocycles. The van der Waals surface area contributed by atoms with Gasteiger partial charge in [-0.3, -0.25) is 9.59 Å². The Labute approximate surface area is 180 Å². The van der Waals surface area contributed by atoms with Crippen molar-refractivity contribution in [3.05, 3.63) is 59.4 Å². The van der Waals surface area contributed by atoms with E-state index in [4.69, 9.17) is 16.3 Å². The van der Waals surface area contributed by atoms with Gasteiger partial charge in [-0.1, -0.05) is 23.7 Å². The molecule has 0 aliphatic carbocycles. The number of rotatable bonds is 8. The van der Waals surface area contributed by atoms with Crippen LogP contribution in [0.5, 0.6) is 5.75 Å². The number of hydrogen-bond donors (Lipinski definition) is 1. The van der Waals surface area contributed by atoms with Crippen LogP contribution in [-0.2, 0) is 9.59 Å². The van der Waals surface area contributed by atoms with Crippen LogP contribution in [0.4, 0.5) is 10.1 Å². The van der Waals surface area contributed by atoms with E-state index in [0.717, 1.165) is 18.8 Å². The lowest BCUT2D eigenvalue weighted by Gasteiger charge is -2.36. The van der Waals surface area contributed by atoms with Gasteiger partial charge >= 0.3 is 0 Å². The number of nitrogens with zero attached hydrogens (tertiary/aromatic N) is 2. The Morgan fingerprint density at radius 2 is 1.73 bits per heavy atom. The second kappa shape index (κ2) is 10.8. The number of amides is 2. The number of benzene rings is 2. The number of carbonyl (C=O) groups excluding carboxylic acids is 2. The van der Waals surface area contributed by atoms with Gasteiger partial charge in [-0.05, 0) is 42.8 Å². The topological polar surface area (TPSA) is 61.9 Å². The first kappa shape index (κ1) is 21.9. The van der Waals surface area contributed by atoms with Crippen LogP contribution < -0.4 is 15.0 Å². The van der Waals surface area contributed by atoms with Crippen LogP contribution in [0.25, 0.3) is 0 Å². The van der Waals surface area contributed by atoms with Gasteiger partial charge in [0, 0.05) is 43.3 Å². The van der Waals surface area contributed by atoms with Crippen molar-refractivity contribution in [2.24, 2.45) is 0 Å². The van der Waals surface area contributed by atoms with E-state index in [2.05, 4.69) is 10.2 Å². The minimum atomic E-state index is -0.427. The third-order valence-electron chi connectivity index (χ3n) is 4.90. The Hall–Kier alpha value is -2.80. The minimum absolute atomic E-state index is 0.0199. The van der Waals surface area contributed by atoms with E-state index in [1.807, 2.05) is 24.3 Å². The van der Waals surface area contributed by atoms with Crippen LogP contribution in [0.15, 0.2) is 48.5 Å². The fourth-order valence-electron chi connectivity index (χ4n) is 3.22. The summed E-state index contributed by atoms with van der Waals surface area (Å²) in [6, 6.07) is 13.8. The summed E-state index contributed by atoms with van der Waals surface area (Å²) in [5.41, 5.74) is 1.08. The Bertz CT molecular complexity index is 855. The molecule has 6 nitrogen and oxygen atoms in total. The third-order valence-corrected chi connectivity index (χ3v) is 5.16. The summed E-state index contributed by atoms with van der Waals surface area (Å²) < 4.78 is 18.8. The van der Waals surface area contributed by atoms with Crippen molar-refractivity contribution in [3.63, 3.8) is 0 Å². The smallest absolute Gasteiger partial charge is 0.242 e. The van der Waals surface area contributed by atoms with Gasteiger partial charge in [-0.25, -0.2) is 4.39 Å². The second-order valence-corrected chi connectivity index (χ2v) is 7.44. The lowest BCUT2D eigenvalue weighted by atomic mass is 10.2. The van der Waals surface area contributed by atoms with Crippen molar-refractivity contribution >= 4 is 29.1 Å². The van der Waals surface area contributed by atoms with Gasteiger partial charge in [0.25, 0.3) is 0 Å². The highest BCUT2D eigenvalue weighted by Gasteiger charge is 2.21. The van der Waals surface area contributed by atoms with Gasteiger partial charge in [0.05, 0.1) is 13.2 Å². The van der Waals surface area contributed by atoms with Crippen molar-refractivity contribution in [2.75, 3.05) is 44.2 Å². The predicted octanol–water partition coefficient (Wildman–Crippen LogP) is 3.10. The zero-order valence-corrected chi connectivity index (χ0v) is 17.4. The molecule has 1 N–H and O–H groups in total. The predicted molar refractivity (Wildman–Crippen MR) is 114 cm³/mol. The molecule has 0 atom stereocenters. The minimum Gasteiger partial charge on any atom is -0.491 e. The number of ether oxygens (including phenoxy) is 1. The Kier molecular flexibility index (Phi) is 7.90. The standard InChI is InChI=1S/C22H25ClFN3O3/c23-17-7-9-18(10-8-17)26-11-13-27(14-12-26)22(29)16-25-21(28)6-3-15-30-20-5-2-1-4-19(20)24/h1-2,4-5,7-10H,3,6,11-16H2,(H,25,28). The van der Waals surface area contributed by atoms with E-state index in [0.29, 0.717) is 24.5 Å². The number of para-hydroxylation sites is 1. The molecule has 0 unspecified atom stereocenters. The third kappa shape index (κ3) is 6.35. The Morgan fingerprint density at radius 3 is 2.43 bits per heavy atom. The maximum absolute atomic E-state index is 13.4. The summed E-state index contributed by atoms with van der Waals surface area (Å²) in [7, 11) is 0. The van der Waals surface area contributed by atoms with Crippen molar-refractivity contribution in [1.82, 2.24) is 10.2 Å². The number of halogens is 2. The van der Waals surface area contributed by atoms with Gasteiger partial charge in [-0.2, -0.15) is 0 Å². The SMILES string of the molecule is O=C(CCCOc1ccccc1F)NCC(=O)N1CCN(c2ccc(Cl)cc2)CC1. The second-order valence-electron chi connectivity index (χ2n) is 7.00. The molecule has 0 bridgehead atoms. The molecule has 0 saturated carbocycles. The molecule has 1 saturated heterocycles. The van der Waals surface area contributed by atoms with Crippen LogP contribution >= 0.6 is 11.6 Å². The van der Waals surface area contributed by atoms with E-state index >= 15 is 0 Å². The van der Waals surface area contributed by atoms with E-state index < -0.39 is 5.82 Å². The van der Waals surface area contributed by atoms with E-state index in [1.165, 1.54) is 6.07 Å². The lowest BCUT2D eigenvalue weighted by molar-refractivity contribution is -0.133. The summed E-state index contributed by atoms with van der Waals surface area (Å²) >= 11 is 5.92. The van der Waals surface area contributed by atoms with Crippen LogP contribution in [0.2, 0.25) is 5.02 Å². The molecular weight excluding hydrogens is 409 g/mol. The zero-order valence-electron chi connectivity index (χ0n) is 16.7. The maximum atomic E-state index is 13.4. The van der Waals surface area contributed by atoms with Gasteiger partial charge in [-0.15, -0.1) is 0 Å². The molecular formula is C22H25ClFN3O3. The molecule has 2 amide bonds. The van der Waals surface area contributed by atoms with Gasteiger partial charge in [0.15, 0.2) is 11.6 Å². The Morgan fingerprint density at radius 1 is 1.03 bits per heavy atom. The highest BCUT2D eigenvalue weighted by molar-refractivity contribution is 6.30. The fourth-order valence-corrected chi connectivity index (χ4v) is 3.34. The average molecular weight is 434 g/mol. The molecule has 1 aliphatic heterocycles. The summed E-state index contributed by atoms with van der Waals surface area (Å²) in [6.45, 7) is 2.88. The normalized spacial score (nSPS) is 13.8. The molecule has 30 heavy (non-hydrogen) atoms. The molecule has 3 rings (SSSR count). The molecule has 8 heteroatoms. The van der Waals surface area contributed by atoms with Crippen molar-refractivity contribution in [1.29, 1.82) is 0 Å². The first-order valence-electron chi connectivity index (χ1n) is 9.95. The van der Waals surface area contributed by atoms with E-state index in [1.54, 1.807) is 23.1 Å². The van der Waals surface area contributed by atoms with Gasteiger partial charge < -0.3 is 19.9 Å². The first-order valence-corrected chi connectivity index (χ1v) is 10.3. The molecule has 2 aromatic rings. The summed E-state index contributed by atoms with van der Waals surface area (Å²) in [6.07, 6.45) is 0.653. The number of hydrogen-bond acceptors (Lipinski definition) is 4. The van der Waals surface area contributed by atoms with Crippen LogP contribution in [0, 0.1) is 5.82 Å². The average Bonchev–Trinajstić information content (AvgIpc) is 2.77. The highest BCUT2D eigenvalue weighted by atomic mass is 35.5. The van der Waals surface area contributed by atoms with Crippen LogP contribution in [-0.4, -0.2) is 56.0 Å². The fraction of sp³-hybridized carbons (Fsp3) is 0.364. The molecule has 160 valence electrons. The number of carbonyl (C=O) groups is 2. The number of nitrogens with one attached hydrogen (secondary N) is 1. The Balaban J connectivity index is 1.31. The highest BCUT2D eigenvalue weighted by Crippen LogP contribution is 2.19. The summed E-state index contributed by atoms with van der Waals surface area (Å²) in [5, 5.41) is 3.35. The van der Waals surface area contributed by atoms with Crippen molar-refractivity contribution in [3.8, 4) is 5.75 Å². The van der Waals surface area contributed by atoms with E-state index in [9.17, 15) is 14.0 Å². The maximum Gasteiger partial charge on any atom is 0.242 e. The molecule has 1 fully saturated rings. The molecule has 0 spiro atoms. The lowest BCUT2D eigenvalue weighted by Crippen LogP contribution is -2.51. The first-order chi connectivity index (χ1) is 14.5. The van der Waals surface area contributed by atoms with Gasteiger partial charge in [0.1, 0.15) is 0 Å². The van der Waals surface area contributed by atoms with Crippen molar-refractivity contribution < 1.29 is 18.7 Å². The van der Waals surface area contributed by atoms with Gasteiger partial charge in [0.2, 0.25) is 11.8 Å². The van der Waals surface area contributed by atoms with E-state index in [-0.39, 0.29) is 37.1 Å². The summed E-state index contributed by atoms with van der Waals surface area (Å²) in [4.78, 5) is 28.3. The summed E-state index contributed by atoms with van der Waals surface area (Å²) in [5.74, 6) is -0.573. The van der Waals surface area contributed by atoms with Crippen LogP contribution in [0.3, 0.4) is 0 Å². The van der Waals surface area contributed by atoms with Crippen LogP contribution in [0.1, 0.15) is 12.8 Å². The van der Waals surface area contributed by atoms with Crippen molar-refractivity contribution in [2.45, 2.75) is 12.8 Å².